The van der Waals surface area contributed by atoms with Crippen LogP contribution in [0.15, 0.2) is 18.2 Å². The molecule has 1 aromatic heterocycles. The van der Waals surface area contributed by atoms with E-state index in [1.165, 1.54) is 12.1 Å². The SMILES string of the molecule is CN(C)Cc1nc2cc(F)ccc2n1CCCCC(=O)O. The average molecular weight is 293 g/mol. The van der Waals surface area contributed by atoms with E-state index in [-0.39, 0.29) is 12.2 Å². The van der Waals surface area contributed by atoms with Crippen molar-refractivity contribution in [3.8, 4) is 0 Å². The second-order valence-corrected chi connectivity index (χ2v) is 5.40. The number of halogens is 1. The van der Waals surface area contributed by atoms with Crippen LogP contribution in [0.5, 0.6) is 0 Å². The number of fused-ring (bicyclic) bond motifs is 1. The molecule has 114 valence electrons. The molecule has 0 radical (unpaired) electrons. The Labute approximate surface area is 123 Å². The lowest BCUT2D eigenvalue weighted by Gasteiger charge is -2.12. The van der Waals surface area contributed by atoms with Crippen LogP contribution in [0.2, 0.25) is 0 Å². The van der Waals surface area contributed by atoms with E-state index in [9.17, 15) is 9.18 Å². The van der Waals surface area contributed by atoms with Crippen molar-refractivity contribution in [3.63, 3.8) is 0 Å². The first kappa shape index (κ1) is 15.4. The summed E-state index contributed by atoms with van der Waals surface area (Å²) in [4.78, 5) is 17.1. The van der Waals surface area contributed by atoms with Crippen molar-refractivity contribution in [2.24, 2.45) is 0 Å². The summed E-state index contributed by atoms with van der Waals surface area (Å²) in [7, 11) is 3.91. The molecular weight excluding hydrogens is 273 g/mol. The number of carboxylic acid groups (broad SMARTS) is 1. The monoisotopic (exact) mass is 293 g/mol. The predicted octanol–water partition coefficient (Wildman–Crippen LogP) is 2.49. The van der Waals surface area contributed by atoms with Crippen molar-refractivity contribution in [2.45, 2.75) is 32.4 Å². The summed E-state index contributed by atoms with van der Waals surface area (Å²) in [5, 5.41) is 8.68. The van der Waals surface area contributed by atoms with Crippen LogP contribution in [0.3, 0.4) is 0 Å². The third kappa shape index (κ3) is 4.01. The number of aryl methyl sites for hydroxylation is 1. The quantitative estimate of drug-likeness (QED) is 0.797. The normalized spacial score (nSPS) is 11.4. The number of nitrogens with zero attached hydrogens (tertiary/aromatic N) is 3. The highest BCUT2D eigenvalue weighted by Gasteiger charge is 2.12. The number of aromatic nitrogens is 2. The fourth-order valence-corrected chi connectivity index (χ4v) is 2.35. The van der Waals surface area contributed by atoms with Gasteiger partial charge in [-0.2, -0.15) is 0 Å². The van der Waals surface area contributed by atoms with Crippen LogP contribution in [0.1, 0.15) is 25.1 Å². The topological polar surface area (TPSA) is 58.4 Å². The Morgan fingerprint density at radius 1 is 1.38 bits per heavy atom. The van der Waals surface area contributed by atoms with E-state index in [0.29, 0.717) is 25.0 Å². The number of aliphatic carboxylic acids is 1. The number of unbranched alkanes of at least 4 members (excludes halogenated alkanes) is 1. The van der Waals surface area contributed by atoms with Gasteiger partial charge < -0.3 is 14.6 Å². The Morgan fingerprint density at radius 3 is 2.81 bits per heavy atom. The number of hydrogen-bond donors (Lipinski definition) is 1. The standard InChI is InChI=1S/C15H20FN3O2/c1-18(2)10-14-17-12-9-11(16)6-7-13(12)19(14)8-4-3-5-15(20)21/h6-7,9H,3-5,8,10H2,1-2H3,(H,20,21). The maximum absolute atomic E-state index is 13.3. The fourth-order valence-electron chi connectivity index (χ4n) is 2.35. The molecule has 2 aromatic rings. The molecule has 0 amide bonds. The highest BCUT2D eigenvalue weighted by molar-refractivity contribution is 5.76. The summed E-state index contributed by atoms with van der Waals surface area (Å²) in [6.45, 7) is 1.35. The average Bonchev–Trinajstić information content (AvgIpc) is 2.70. The van der Waals surface area contributed by atoms with E-state index in [2.05, 4.69) is 9.55 Å². The first-order valence-electron chi connectivity index (χ1n) is 6.98. The molecule has 2 rings (SSSR count). The fraction of sp³-hybridized carbons (Fsp3) is 0.467. The van der Waals surface area contributed by atoms with Gasteiger partial charge in [-0.05, 0) is 39.1 Å². The van der Waals surface area contributed by atoms with E-state index < -0.39 is 5.97 Å². The van der Waals surface area contributed by atoms with E-state index in [1.54, 1.807) is 6.07 Å². The van der Waals surface area contributed by atoms with Crippen LogP contribution in [-0.4, -0.2) is 39.6 Å². The van der Waals surface area contributed by atoms with Crippen molar-refractivity contribution < 1.29 is 14.3 Å². The molecule has 1 N–H and O–H groups in total. The van der Waals surface area contributed by atoms with Crippen molar-refractivity contribution in [1.82, 2.24) is 14.5 Å². The number of carboxylic acids is 1. The first-order chi connectivity index (χ1) is 9.97. The van der Waals surface area contributed by atoms with Gasteiger partial charge in [0.05, 0.1) is 17.6 Å². The molecular formula is C15H20FN3O2. The zero-order valence-corrected chi connectivity index (χ0v) is 12.3. The molecule has 0 aliphatic carbocycles. The molecule has 21 heavy (non-hydrogen) atoms. The molecule has 0 spiro atoms. The molecule has 0 unspecified atom stereocenters. The number of benzene rings is 1. The van der Waals surface area contributed by atoms with Crippen LogP contribution in [0.25, 0.3) is 11.0 Å². The van der Waals surface area contributed by atoms with Crippen LogP contribution in [0.4, 0.5) is 4.39 Å². The van der Waals surface area contributed by atoms with Gasteiger partial charge in [0.1, 0.15) is 11.6 Å². The van der Waals surface area contributed by atoms with Crippen LogP contribution in [0, 0.1) is 5.82 Å². The van der Waals surface area contributed by atoms with Crippen LogP contribution in [-0.2, 0) is 17.9 Å². The van der Waals surface area contributed by atoms with Crippen LogP contribution >= 0.6 is 0 Å². The van der Waals surface area contributed by atoms with E-state index in [4.69, 9.17) is 5.11 Å². The van der Waals surface area contributed by atoms with Gasteiger partial charge in [0, 0.05) is 19.0 Å². The summed E-state index contributed by atoms with van der Waals surface area (Å²) < 4.78 is 15.4. The van der Waals surface area contributed by atoms with Crippen LogP contribution < -0.4 is 0 Å². The highest BCUT2D eigenvalue weighted by Crippen LogP contribution is 2.19. The molecule has 1 aromatic carbocycles. The van der Waals surface area contributed by atoms with Crippen molar-refractivity contribution in [1.29, 1.82) is 0 Å². The molecule has 0 saturated carbocycles. The van der Waals surface area contributed by atoms with Crippen molar-refractivity contribution in [3.05, 3.63) is 29.8 Å². The lowest BCUT2D eigenvalue weighted by molar-refractivity contribution is -0.137. The minimum atomic E-state index is -0.777. The Hall–Kier alpha value is -1.95. The smallest absolute Gasteiger partial charge is 0.303 e. The van der Waals surface area contributed by atoms with E-state index >= 15 is 0 Å². The summed E-state index contributed by atoms with van der Waals surface area (Å²) in [5.41, 5.74) is 1.54. The maximum Gasteiger partial charge on any atom is 0.303 e. The summed E-state index contributed by atoms with van der Waals surface area (Å²) in [6.07, 6.45) is 1.55. The van der Waals surface area contributed by atoms with E-state index in [1.807, 2.05) is 19.0 Å². The number of carbonyl (C=O) groups is 1. The summed E-state index contributed by atoms with van der Waals surface area (Å²) >= 11 is 0. The molecule has 0 atom stereocenters. The zero-order valence-electron chi connectivity index (χ0n) is 12.3. The number of hydrogen-bond acceptors (Lipinski definition) is 3. The Bertz CT molecular complexity index is 637. The zero-order chi connectivity index (χ0) is 15.4. The van der Waals surface area contributed by atoms with Crippen molar-refractivity contribution in [2.75, 3.05) is 14.1 Å². The highest BCUT2D eigenvalue weighted by atomic mass is 19.1. The van der Waals surface area contributed by atoms with Gasteiger partial charge >= 0.3 is 5.97 Å². The minimum absolute atomic E-state index is 0.171. The number of imidazole rings is 1. The molecule has 0 bridgehead atoms. The van der Waals surface area contributed by atoms with Crippen molar-refractivity contribution >= 4 is 17.0 Å². The lowest BCUT2D eigenvalue weighted by atomic mass is 10.2. The summed E-state index contributed by atoms with van der Waals surface area (Å²) in [6, 6.07) is 4.59. The van der Waals surface area contributed by atoms with Gasteiger partial charge in [-0.3, -0.25) is 4.79 Å². The van der Waals surface area contributed by atoms with E-state index in [0.717, 1.165) is 17.8 Å². The maximum atomic E-state index is 13.3. The van der Waals surface area contributed by atoms with Gasteiger partial charge in [-0.15, -0.1) is 0 Å². The first-order valence-corrected chi connectivity index (χ1v) is 6.98. The van der Waals surface area contributed by atoms with Gasteiger partial charge in [-0.1, -0.05) is 0 Å². The Kier molecular flexibility index (Phi) is 4.90. The third-order valence-corrected chi connectivity index (χ3v) is 3.27. The second kappa shape index (κ2) is 6.67. The molecule has 0 fully saturated rings. The second-order valence-electron chi connectivity index (χ2n) is 5.40. The number of rotatable bonds is 7. The Balaban J connectivity index is 2.22. The molecule has 0 aliphatic heterocycles. The van der Waals surface area contributed by atoms with Gasteiger partial charge in [0.15, 0.2) is 0 Å². The molecule has 0 saturated heterocycles. The van der Waals surface area contributed by atoms with Gasteiger partial charge in [0.2, 0.25) is 0 Å². The molecule has 0 aliphatic rings. The van der Waals surface area contributed by atoms with Gasteiger partial charge in [0.25, 0.3) is 0 Å². The third-order valence-electron chi connectivity index (χ3n) is 3.27. The molecule has 6 heteroatoms. The lowest BCUT2D eigenvalue weighted by Crippen LogP contribution is -2.15. The Morgan fingerprint density at radius 2 is 2.14 bits per heavy atom. The van der Waals surface area contributed by atoms with Gasteiger partial charge in [-0.25, -0.2) is 9.37 Å². The molecule has 1 heterocycles. The minimum Gasteiger partial charge on any atom is -0.481 e. The summed E-state index contributed by atoms with van der Waals surface area (Å²) in [5.74, 6) is -0.202. The predicted molar refractivity (Wildman–Crippen MR) is 78.6 cm³/mol. The molecule has 5 nitrogen and oxygen atoms in total. The largest absolute Gasteiger partial charge is 0.481 e.